The van der Waals surface area contributed by atoms with Gasteiger partial charge in [-0.2, -0.15) is 0 Å². The molecule has 0 amide bonds. The van der Waals surface area contributed by atoms with Crippen molar-refractivity contribution in [1.29, 1.82) is 0 Å². The van der Waals surface area contributed by atoms with E-state index in [1.807, 2.05) is 103 Å². The summed E-state index contributed by atoms with van der Waals surface area (Å²) in [6.07, 6.45) is 0. The molecule has 9 aromatic rings. The molecule has 2 aromatic heterocycles. The van der Waals surface area contributed by atoms with Gasteiger partial charge in [-0.1, -0.05) is 90.5 Å². The predicted molar refractivity (Wildman–Crippen MR) is 204 cm³/mol. The smallest absolute Gasteiger partial charge is 0.263 e. The zero-order valence-electron chi connectivity index (χ0n) is 27.1. The van der Waals surface area contributed by atoms with Crippen molar-refractivity contribution in [2.45, 2.75) is 13.8 Å². The first-order valence-corrected chi connectivity index (χ1v) is 16.4. The minimum absolute atomic E-state index is 0.126. The van der Waals surface area contributed by atoms with Gasteiger partial charge in [0.2, 0.25) is 0 Å². The number of aryl methyl sites for hydroxylation is 2. The van der Waals surface area contributed by atoms with E-state index in [9.17, 15) is 9.59 Å². The van der Waals surface area contributed by atoms with Gasteiger partial charge in [-0.3, -0.25) is 18.7 Å². The Hall–Kier alpha value is -6.46. The first-order chi connectivity index (χ1) is 24.0. The van der Waals surface area contributed by atoms with Gasteiger partial charge < -0.3 is 5.32 Å². The molecule has 1 N–H and O–H groups in total. The van der Waals surface area contributed by atoms with Gasteiger partial charge in [-0.15, -0.1) is 0 Å². The summed E-state index contributed by atoms with van der Waals surface area (Å²) in [6, 6.07) is 48.1. The summed E-state index contributed by atoms with van der Waals surface area (Å²) >= 11 is 0. The van der Waals surface area contributed by atoms with Crippen LogP contribution in [0.4, 0.5) is 11.4 Å². The van der Waals surface area contributed by atoms with Crippen LogP contribution in [0, 0.1) is 13.8 Å². The van der Waals surface area contributed by atoms with Gasteiger partial charge in [-0.05, 0) is 102 Å². The van der Waals surface area contributed by atoms with Crippen LogP contribution in [0.2, 0.25) is 0 Å². The first-order valence-electron chi connectivity index (χ1n) is 16.4. The number of aromatic nitrogens is 2. The maximum absolute atomic E-state index is 14.8. The van der Waals surface area contributed by atoms with E-state index < -0.39 is 0 Å². The molecule has 0 radical (unpaired) electrons. The van der Waals surface area contributed by atoms with E-state index in [1.165, 1.54) is 5.56 Å². The summed E-state index contributed by atoms with van der Waals surface area (Å²) < 4.78 is 3.59. The van der Waals surface area contributed by atoms with Crippen LogP contribution >= 0.6 is 0 Å². The van der Waals surface area contributed by atoms with Crippen molar-refractivity contribution in [2.75, 3.05) is 5.32 Å². The van der Waals surface area contributed by atoms with Gasteiger partial charge in [0.15, 0.2) is 0 Å². The van der Waals surface area contributed by atoms with Gasteiger partial charge in [0.25, 0.3) is 11.1 Å². The van der Waals surface area contributed by atoms with E-state index in [2.05, 4.69) is 61.6 Å². The van der Waals surface area contributed by atoms with E-state index in [1.54, 1.807) is 9.13 Å². The molecule has 0 saturated carbocycles. The molecule has 0 fully saturated rings. The van der Waals surface area contributed by atoms with E-state index in [0.29, 0.717) is 10.8 Å². The third kappa shape index (κ3) is 4.54. The van der Waals surface area contributed by atoms with Gasteiger partial charge in [-0.25, -0.2) is 0 Å². The number of hydrogen-bond donors (Lipinski definition) is 1. The quantitative estimate of drug-likeness (QED) is 0.155. The van der Waals surface area contributed by atoms with E-state index in [4.69, 9.17) is 0 Å². The average molecular weight is 634 g/mol. The Morgan fingerprint density at radius 2 is 1.10 bits per heavy atom. The van der Waals surface area contributed by atoms with Gasteiger partial charge in [0.05, 0.1) is 11.0 Å². The van der Waals surface area contributed by atoms with Crippen molar-refractivity contribution in [3.8, 4) is 11.4 Å². The number of hydrogen-bond acceptors (Lipinski definition) is 3. The van der Waals surface area contributed by atoms with Crippen LogP contribution in [-0.2, 0) is 0 Å². The molecule has 234 valence electrons. The summed E-state index contributed by atoms with van der Waals surface area (Å²) in [6.45, 7) is 4.17. The molecule has 2 heterocycles. The van der Waals surface area contributed by atoms with Crippen LogP contribution in [0.25, 0.3) is 65.5 Å². The lowest BCUT2D eigenvalue weighted by atomic mass is 9.95. The molecule has 0 aliphatic heterocycles. The average Bonchev–Trinajstić information content (AvgIpc) is 3.13. The van der Waals surface area contributed by atoms with Crippen LogP contribution in [0.3, 0.4) is 0 Å². The second-order valence-corrected chi connectivity index (χ2v) is 12.8. The topological polar surface area (TPSA) is 56.0 Å². The zero-order valence-corrected chi connectivity index (χ0v) is 27.1. The molecule has 49 heavy (non-hydrogen) atoms. The van der Waals surface area contributed by atoms with Crippen molar-refractivity contribution >= 4 is 65.5 Å². The van der Waals surface area contributed by atoms with Gasteiger partial charge in [0.1, 0.15) is 0 Å². The highest BCUT2D eigenvalue weighted by molar-refractivity contribution is 6.23. The summed E-state index contributed by atoms with van der Waals surface area (Å²) in [7, 11) is 0. The Kier molecular flexibility index (Phi) is 6.49. The van der Waals surface area contributed by atoms with E-state index >= 15 is 0 Å². The molecule has 0 unspecified atom stereocenters. The lowest BCUT2D eigenvalue weighted by Crippen LogP contribution is -2.21. The number of fused-ring (bicyclic) bond motifs is 8. The second kappa shape index (κ2) is 11.1. The molecule has 9 rings (SSSR count). The third-order valence-corrected chi connectivity index (χ3v) is 9.66. The van der Waals surface area contributed by atoms with Crippen LogP contribution in [-0.4, -0.2) is 9.13 Å². The molecule has 5 nitrogen and oxygen atoms in total. The standard InChI is InChI=1S/C44H31N3O2/c1-27-17-21-39(28(2)23-27)45-30-19-20-34-35-25-38-36(26-37(35)43(48)47(41(34)24-30)32-14-7-4-8-15-32)42-33-16-10-9-11-29(33)18-22-40(42)46(44(38)49)31-12-5-3-6-13-31/h3-26,45H,1-2H3. The monoisotopic (exact) mass is 633 g/mol. The highest BCUT2D eigenvalue weighted by Gasteiger charge is 2.19. The van der Waals surface area contributed by atoms with Crippen LogP contribution in [0.1, 0.15) is 11.1 Å². The summed E-state index contributed by atoms with van der Waals surface area (Å²) in [4.78, 5) is 29.4. The van der Waals surface area contributed by atoms with Crippen molar-refractivity contribution in [2.24, 2.45) is 0 Å². The van der Waals surface area contributed by atoms with Crippen molar-refractivity contribution in [3.05, 3.63) is 177 Å². The minimum atomic E-state index is -0.139. The maximum atomic E-state index is 14.8. The minimum Gasteiger partial charge on any atom is -0.355 e. The summed E-state index contributed by atoms with van der Waals surface area (Å²) in [5, 5.41) is 10.1. The SMILES string of the molecule is Cc1ccc(Nc2ccc3c4cc5c(=O)n(-c6ccccc6)c6ccc7ccccc7c6c5cc4c(=O)n(-c4ccccc4)c3c2)c(C)c1. The molecule has 0 aliphatic rings. The Morgan fingerprint density at radius 3 is 1.82 bits per heavy atom. The van der Waals surface area contributed by atoms with Gasteiger partial charge >= 0.3 is 0 Å². The van der Waals surface area contributed by atoms with Gasteiger partial charge in [0, 0.05) is 44.3 Å². The number of pyridine rings is 2. The number of anilines is 2. The lowest BCUT2D eigenvalue weighted by Gasteiger charge is -2.18. The third-order valence-electron chi connectivity index (χ3n) is 9.66. The Balaban J connectivity index is 1.42. The van der Waals surface area contributed by atoms with E-state index in [-0.39, 0.29) is 11.1 Å². The highest BCUT2D eigenvalue weighted by Crippen LogP contribution is 2.36. The molecule has 0 spiro atoms. The fourth-order valence-corrected chi connectivity index (χ4v) is 7.37. The number of nitrogens with one attached hydrogen (secondary N) is 1. The number of benzene rings is 7. The Labute approximate surface area is 281 Å². The van der Waals surface area contributed by atoms with Crippen molar-refractivity contribution < 1.29 is 0 Å². The fourth-order valence-electron chi connectivity index (χ4n) is 7.37. The van der Waals surface area contributed by atoms with Crippen LogP contribution < -0.4 is 16.4 Å². The summed E-state index contributed by atoms with van der Waals surface area (Å²) in [5.41, 5.74) is 7.07. The molecular formula is C44H31N3O2. The second-order valence-electron chi connectivity index (χ2n) is 12.8. The normalized spacial score (nSPS) is 11.6. The zero-order chi connectivity index (χ0) is 33.2. The summed E-state index contributed by atoms with van der Waals surface area (Å²) in [5.74, 6) is 0. The lowest BCUT2D eigenvalue weighted by molar-refractivity contribution is 1.06. The molecule has 0 aliphatic carbocycles. The van der Waals surface area contributed by atoms with Crippen LogP contribution in [0.5, 0.6) is 0 Å². The molecule has 0 saturated heterocycles. The van der Waals surface area contributed by atoms with Crippen LogP contribution in [0.15, 0.2) is 155 Å². The molecule has 0 bridgehead atoms. The molecule has 5 heteroatoms. The largest absolute Gasteiger partial charge is 0.355 e. The molecule has 0 atom stereocenters. The fraction of sp³-hybridized carbons (Fsp3) is 0.0455. The number of para-hydroxylation sites is 2. The van der Waals surface area contributed by atoms with Crippen molar-refractivity contribution in [3.63, 3.8) is 0 Å². The molecular weight excluding hydrogens is 603 g/mol. The predicted octanol–water partition coefficient (Wildman–Crippen LogP) is 10.1. The van der Waals surface area contributed by atoms with E-state index in [0.717, 1.165) is 71.7 Å². The first kappa shape index (κ1) is 28.7. The molecule has 7 aromatic carbocycles. The number of nitrogens with zero attached hydrogens (tertiary/aromatic N) is 2. The Morgan fingerprint density at radius 1 is 0.469 bits per heavy atom. The maximum Gasteiger partial charge on any atom is 0.263 e. The highest BCUT2D eigenvalue weighted by atomic mass is 16.1. The Bertz CT molecular complexity index is 2910. The van der Waals surface area contributed by atoms with Crippen molar-refractivity contribution in [1.82, 2.24) is 9.13 Å². The number of rotatable bonds is 4.